The van der Waals surface area contributed by atoms with E-state index in [9.17, 15) is 8.78 Å². The van der Waals surface area contributed by atoms with E-state index in [1.807, 2.05) is 13.0 Å². The lowest BCUT2D eigenvalue weighted by molar-refractivity contribution is 0.0753. The van der Waals surface area contributed by atoms with Crippen LogP contribution in [0.25, 0.3) is 0 Å². The Balaban J connectivity index is 1.45. The zero-order valence-corrected chi connectivity index (χ0v) is 17.4. The number of hydrogen-bond donors (Lipinski definition) is 0. The van der Waals surface area contributed by atoms with Crippen LogP contribution in [0.15, 0.2) is 18.2 Å². The summed E-state index contributed by atoms with van der Waals surface area (Å²) in [6.07, 6.45) is 14.4. The van der Waals surface area contributed by atoms with E-state index < -0.39 is 11.6 Å². The molecule has 3 aliphatic carbocycles. The van der Waals surface area contributed by atoms with Crippen molar-refractivity contribution in [1.29, 1.82) is 0 Å². The van der Waals surface area contributed by atoms with Gasteiger partial charge in [-0.1, -0.05) is 25.5 Å². The average molecular weight is 389 g/mol. The molecule has 0 saturated heterocycles. The van der Waals surface area contributed by atoms with Gasteiger partial charge in [0.05, 0.1) is 0 Å². The molecule has 0 bridgehead atoms. The van der Waals surface area contributed by atoms with Gasteiger partial charge in [0.15, 0.2) is 11.6 Å². The summed E-state index contributed by atoms with van der Waals surface area (Å²) in [6, 6.07) is 1.74. The second-order valence-corrected chi connectivity index (χ2v) is 9.53. The van der Waals surface area contributed by atoms with Gasteiger partial charge in [0.25, 0.3) is 0 Å². The molecule has 0 heterocycles. The lowest BCUT2D eigenvalue weighted by atomic mass is 9.61. The number of allylic oxidation sites excluding steroid dienone is 1. The Kier molecular flexibility index (Phi) is 6.08. The molecule has 3 aliphatic rings. The van der Waals surface area contributed by atoms with Crippen LogP contribution in [0.5, 0.6) is 5.75 Å². The summed E-state index contributed by atoms with van der Waals surface area (Å²) >= 11 is 0. The summed E-state index contributed by atoms with van der Waals surface area (Å²) in [5.74, 6) is 2.46. The van der Waals surface area contributed by atoms with Crippen molar-refractivity contribution in [1.82, 2.24) is 0 Å². The first kappa shape index (κ1) is 19.9. The topological polar surface area (TPSA) is 9.23 Å². The average Bonchev–Trinajstić information content (AvgIpc) is 2.71. The standard InChI is InChI=1S/C25H34F2O/c1-3-4-11-28-23-15-21-10-9-20(14-22(21)24(26)25(23)27)19-8-7-17-12-16(2)5-6-18(17)13-19/h3-4,15-20H,5-14H2,1-2H3/b4-3+. The monoisotopic (exact) mass is 388 g/mol. The van der Waals surface area contributed by atoms with Crippen molar-refractivity contribution in [2.24, 2.45) is 29.6 Å². The predicted molar refractivity (Wildman–Crippen MR) is 110 cm³/mol. The van der Waals surface area contributed by atoms with Crippen LogP contribution >= 0.6 is 0 Å². The Morgan fingerprint density at radius 3 is 2.46 bits per heavy atom. The molecular weight excluding hydrogens is 354 g/mol. The zero-order chi connectivity index (χ0) is 19.7. The molecule has 5 atom stereocenters. The third-order valence-electron chi connectivity index (χ3n) is 7.77. The lowest BCUT2D eigenvalue weighted by Gasteiger charge is -2.44. The van der Waals surface area contributed by atoms with Crippen molar-refractivity contribution in [3.8, 4) is 5.75 Å². The first-order valence-electron chi connectivity index (χ1n) is 11.3. The van der Waals surface area contributed by atoms with E-state index in [2.05, 4.69) is 6.92 Å². The van der Waals surface area contributed by atoms with E-state index in [1.54, 1.807) is 12.1 Å². The van der Waals surface area contributed by atoms with Crippen LogP contribution in [0.2, 0.25) is 0 Å². The van der Waals surface area contributed by atoms with Gasteiger partial charge in [-0.15, -0.1) is 0 Å². The third-order valence-corrected chi connectivity index (χ3v) is 7.77. The Morgan fingerprint density at radius 1 is 0.964 bits per heavy atom. The molecule has 1 aromatic carbocycles. The molecule has 0 aromatic heterocycles. The number of hydrogen-bond acceptors (Lipinski definition) is 1. The van der Waals surface area contributed by atoms with Gasteiger partial charge in [0, 0.05) is 0 Å². The smallest absolute Gasteiger partial charge is 0.200 e. The van der Waals surface area contributed by atoms with Crippen molar-refractivity contribution >= 4 is 0 Å². The molecule has 154 valence electrons. The number of halogens is 2. The van der Waals surface area contributed by atoms with Crippen LogP contribution < -0.4 is 4.74 Å². The maximum atomic E-state index is 14.8. The Morgan fingerprint density at radius 2 is 1.68 bits per heavy atom. The summed E-state index contributed by atoms with van der Waals surface area (Å²) < 4.78 is 34.8. The Bertz CT molecular complexity index is 726. The lowest BCUT2D eigenvalue weighted by Crippen LogP contribution is -2.34. The molecule has 3 heteroatoms. The summed E-state index contributed by atoms with van der Waals surface area (Å²) in [5.41, 5.74) is 1.57. The number of ether oxygens (including phenoxy) is 1. The van der Waals surface area contributed by atoms with Crippen molar-refractivity contribution < 1.29 is 13.5 Å². The van der Waals surface area contributed by atoms with Gasteiger partial charge in [-0.3, -0.25) is 0 Å². The molecule has 2 saturated carbocycles. The number of rotatable bonds is 4. The van der Waals surface area contributed by atoms with Crippen LogP contribution in [0.1, 0.15) is 69.9 Å². The molecular formula is C25H34F2O. The van der Waals surface area contributed by atoms with Gasteiger partial charge in [-0.2, -0.15) is 4.39 Å². The fraction of sp³-hybridized carbons (Fsp3) is 0.680. The summed E-state index contributed by atoms with van der Waals surface area (Å²) in [6.45, 7) is 4.56. The largest absolute Gasteiger partial charge is 0.486 e. The maximum absolute atomic E-state index is 14.8. The highest BCUT2D eigenvalue weighted by atomic mass is 19.2. The van der Waals surface area contributed by atoms with E-state index in [0.29, 0.717) is 23.8 Å². The maximum Gasteiger partial charge on any atom is 0.200 e. The van der Waals surface area contributed by atoms with Crippen LogP contribution in [0, 0.1) is 41.2 Å². The minimum absolute atomic E-state index is 0.0598. The first-order valence-corrected chi connectivity index (χ1v) is 11.3. The van der Waals surface area contributed by atoms with Gasteiger partial charge in [-0.25, -0.2) is 4.39 Å². The fourth-order valence-electron chi connectivity index (χ4n) is 6.17. The van der Waals surface area contributed by atoms with Crippen LogP contribution in [0.3, 0.4) is 0 Å². The molecule has 4 rings (SSSR count). The van der Waals surface area contributed by atoms with Crippen molar-refractivity contribution in [2.75, 3.05) is 6.61 Å². The zero-order valence-electron chi connectivity index (χ0n) is 17.4. The third kappa shape index (κ3) is 4.00. The van der Waals surface area contributed by atoms with Crippen LogP contribution in [-0.2, 0) is 12.8 Å². The number of fused-ring (bicyclic) bond motifs is 2. The molecule has 0 radical (unpaired) electrons. The highest BCUT2D eigenvalue weighted by Gasteiger charge is 2.38. The van der Waals surface area contributed by atoms with Gasteiger partial charge >= 0.3 is 0 Å². The molecule has 2 fully saturated rings. The number of aryl methyl sites for hydroxylation is 1. The van der Waals surface area contributed by atoms with Crippen LogP contribution in [0.4, 0.5) is 8.78 Å². The number of benzene rings is 1. The summed E-state index contributed by atoms with van der Waals surface area (Å²) in [4.78, 5) is 0. The second-order valence-electron chi connectivity index (χ2n) is 9.53. The van der Waals surface area contributed by atoms with Crippen molar-refractivity contribution in [3.63, 3.8) is 0 Å². The summed E-state index contributed by atoms with van der Waals surface area (Å²) in [7, 11) is 0. The highest BCUT2D eigenvalue weighted by molar-refractivity contribution is 5.40. The van der Waals surface area contributed by atoms with E-state index in [0.717, 1.165) is 36.2 Å². The molecule has 1 nitrogen and oxygen atoms in total. The molecule has 1 aromatic rings. The van der Waals surface area contributed by atoms with Crippen LogP contribution in [-0.4, -0.2) is 6.61 Å². The van der Waals surface area contributed by atoms with Crippen molar-refractivity contribution in [3.05, 3.63) is 41.0 Å². The SMILES string of the molecule is C/C=C/COc1cc2c(c(F)c1F)CC(C1CCC3CC(C)CCC3C1)CC2. The normalized spacial score (nSPS) is 32.8. The Hall–Kier alpha value is -1.38. The quantitative estimate of drug-likeness (QED) is 0.511. The first-order chi connectivity index (χ1) is 13.6. The summed E-state index contributed by atoms with van der Waals surface area (Å²) in [5, 5.41) is 0. The molecule has 28 heavy (non-hydrogen) atoms. The van der Waals surface area contributed by atoms with Gasteiger partial charge in [-0.05, 0) is 105 Å². The fourth-order valence-corrected chi connectivity index (χ4v) is 6.17. The van der Waals surface area contributed by atoms with Gasteiger partial charge in [0.1, 0.15) is 6.61 Å². The van der Waals surface area contributed by atoms with E-state index in [4.69, 9.17) is 4.74 Å². The molecule has 0 amide bonds. The molecule has 0 N–H and O–H groups in total. The van der Waals surface area contributed by atoms with E-state index in [-0.39, 0.29) is 12.4 Å². The minimum Gasteiger partial charge on any atom is -0.486 e. The van der Waals surface area contributed by atoms with Crippen molar-refractivity contribution in [2.45, 2.75) is 71.6 Å². The Labute approximate surface area is 168 Å². The van der Waals surface area contributed by atoms with Gasteiger partial charge in [0.2, 0.25) is 5.82 Å². The predicted octanol–water partition coefficient (Wildman–Crippen LogP) is 6.88. The molecule has 0 spiro atoms. The van der Waals surface area contributed by atoms with E-state index in [1.165, 1.54) is 38.5 Å². The van der Waals surface area contributed by atoms with E-state index >= 15 is 0 Å². The molecule has 0 aliphatic heterocycles. The highest BCUT2D eigenvalue weighted by Crippen LogP contribution is 2.48. The minimum atomic E-state index is -0.811. The second kappa shape index (κ2) is 8.55. The van der Waals surface area contributed by atoms with Gasteiger partial charge < -0.3 is 4.74 Å². The molecule has 5 unspecified atom stereocenters.